The number of carbonyl (C=O) groups is 1. The second-order valence-electron chi connectivity index (χ2n) is 5.28. The van der Waals surface area contributed by atoms with Gasteiger partial charge in [-0.15, -0.1) is 0 Å². The molecule has 2 atom stereocenters. The summed E-state index contributed by atoms with van der Waals surface area (Å²) in [7, 11) is 0. The molecule has 2 aromatic rings. The SMILES string of the molecule is O=C(NCc1ccccc1Cl)C1CC1c1ccccc1F. The van der Waals surface area contributed by atoms with Gasteiger partial charge in [-0.25, -0.2) is 4.39 Å². The summed E-state index contributed by atoms with van der Waals surface area (Å²) in [6.07, 6.45) is 0.704. The predicted octanol–water partition coefficient (Wildman–Crippen LogP) is 3.90. The van der Waals surface area contributed by atoms with Crippen LogP contribution in [-0.4, -0.2) is 5.91 Å². The maximum Gasteiger partial charge on any atom is 0.224 e. The van der Waals surface area contributed by atoms with E-state index in [1.807, 2.05) is 18.2 Å². The van der Waals surface area contributed by atoms with Crippen molar-refractivity contribution in [2.45, 2.75) is 18.9 Å². The van der Waals surface area contributed by atoms with E-state index in [4.69, 9.17) is 11.6 Å². The van der Waals surface area contributed by atoms with Gasteiger partial charge in [-0.05, 0) is 35.6 Å². The molecule has 0 radical (unpaired) electrons. The summed E-state index contributed by atoms with van der Waals surface area (Å²) >= 11 is 6.05. The van der Waals surface area contributed by atoms with Crippen LogP contribution in [0.15, 0.2) is 48.5 Å². The lowest BCUT2D eigenvalue weighted by Crippen LogP contribution is -2.25. The van der Waals surface area contributed by atoms with E-state index in [-0.39, 0.29) is 23.6 Å². The van der Waals surface area contributed by atoms with Crippen LogP contribution in [0.5, 0.6) is 0 Å². The highest BCUT2D eigenvalue weighted by Crippen LogP contribution is 2.48. The highest BCUT2D eigenvalue weighted by Gasteiger charge is 2.44. The minimum atomic E-state index is -0.232. The van der Waals surface area contributed by atoms with Crippen LogP contribution < -0.4 is 5.32 Å². The van der Waals surface area contributed by atoms with Crippen LogP contribution in [-0.2, 0) is 11.3 Å². The summed E-state index contributed by atoms with van der Waals surface area (Å²) in [5, 5.41) is 3.51. The monoisotopic (exact) mass is 303 g/mol. The molecule has 0 aliphatic heterocycles. The molecule has 0 aromatic heterocycles. The summed E-state index contributed by atoms with van der Waals surface area (Å²) in [5.74, 6) is -0.408. The lowest BCUT2D eigenvalue weighted by Gasteiger charge is -2.07. The zero-order valence-electron chi connectivity index (χ0n) is 11.4. The second-order valence-corrected chi connectivity index (χ2v) is 5.69. The van der Waals surface area contributed by atoms with Crippen LogP contribution in [0, 0.1) is 11.7 Å². The van der Waals surface area contributed by atoms with Crippen molar-refractivity contribution in [2.24, 2.45) is 5.92 Å². The first-order valence-electron chi connectivity index (χ1n) is 6.92. The van der Waals surface area contributed by atoms with Gasteiger partial charge in [0.1, 0.15) is 5.82 Å². The topological polar surface area (TPSA) is 29.1 Å². The Hall–Kier alpha value is -1.87. The highest BCUT2D eigenvalue weighted by atomic mass is 35.5. The Morgan fingerprint density at radius 3 is 2.67 bits per heavy atom. The summed E-state index contributed by atoms with van der Waals surface area (Å²) in [4.78, 5) is 12.1. The molecule has 4 heteroatoms. The Labute approximate surface area is 127 Å². The minimum absolute atomic E-state index is 0.00237. The second kappa shape index (κ2) is 5.86. The third-order valence-electron chi connectivity index (χ3n) is 3.84. The van der Waals surface area contributed by atoms with Crippen molar-refractivity contribution < 1.29 is 9.18 Å². The van der Waals surface area contributed by atoms with Crippen LogP contribution in [0.1, 0.15) is 23.5 Å². The number of rotatable bonds is 4. The summed E-state index contributed by atoms with van der Waals surface area (Å²) in [6.45, 7) is 0.402. The zero-order chi connectivity index (χ0) is 14.8. The van der Waals surface area contributed by atoms with Crippen LogP contribution >= 0.6 is 11.6 Å². The van der Waals surface area contributed by atoms with Gasteiger partial charge in [0.05, 0.1) is 0 Å². The summed E-state index contributed by atoms with van der Waals surface area (Å²) < 4.78 is 13.7. The molecule has 3 rings (SSSR count). The van der Waals surface area contributed by atoms with E-state index in [0.29, 0.717) is 23.6 Å². The molecule has 0 bridgehead atoms. The minimum Gasteiger partial charge on any atom is -0.352 e. The van der Waals surface area contributed by atoms with Gasteiger partial charge in [0, 0.05) is 17.5 Å². The van der Waals surface area contributed by atoms with Gasteiger partial charge in [0.25, 0.3) is 0 Å². The Kier molecular flexibility index (Phi) is 3.93. The number of hydrogen-bond donors (Lipinski definition) is 1. The number of nitrogens with one attached hydrogen (secondary N) is 1. The first kappa shape index (κ1) is 14.1. The Bertz CT molecular complexity index is 673. The number of carbonyl (C=O) groups excluding carboxylic acids is 1. The number of hydrogen-bond acceptors (Lipinski definition) is 1. The van der Waals surface area contributed by atoms with Crippen molar-refractivity contribution >= 4 is 17.5 Å². The maximum atomic E-state index is 13.7. The van der Waals surface area contributed by atoms with Crippen LogP contribution in [0.3, 0.4) is 0 Å². The zero-order valence-corrected chi connectivity index (χ0v) is 12.1. The van der Waals surface area contributed by atoms with E-state index in [2.05, 4.69) is 5.32 Å². The smallest absolute Gasteiger partial charge is 0.224 e. The normalized spacial score (nSPS) is 20.1. The largest absolute Gasteiger partial charge is 0.352 e. The lowest BCUT2D eigenvalue weighted by molar-refractivity contribution is -0.122. The predicted molar refractivity (Wildman–Crippen MR) is 80.5 cm³/mol. The van der Waals surface area contributed by atoms with Crippen molar-refractivity contribution in [1.82, 2.24) is 5.32 Å². The van der Waals surface area contributed by atoms with Crippen molar-refractivity contribution in [3.8, 4) is 0 Å². The molecule has 1 fully saturated rings. The number of benzene rings is 2. The van der Waals surface area contributed by atoms with Gasteiger partial charge in [-0.1, -0.05) is 48.0 Å². The van der Waals surface area contributed by atoms with Crippen LogP contribution in [0.25, 0.3) is 0 Å². The molecule has 0 heterocycles. The van der Waals surface area contributed by atoms with E-state index >= 15 is 0 Å². The molecule has 2 nitrogen and oxygen atoms in total. The first-order valence-corrected chi connectivity index (χ1v) is 7.30. The molecular formula is C17H15ClFNO. The van der Waals surface area contributed by atoms with E-state index < -0.39 is 0 Å². The Morgan fingerprint density at radius 2 is 1.90 bits per heavy atom. The summed E-state index contributed by atoms with van der Waals surface area (Å²) in [6, 6.07) is 14.1. The molecule has 1 N–H and O–H groups in total. The third kappa shape index (κ3) is 3.08. The average Bonchev–Trinajstić information content (AvgIpc) is 3.27. The lowest BCUT2D eigenvalue weighted by atomic mass is 10.1. The van der Waals surface area contributed by atoms with Gasteiger partial charge < -0.3 is 5.32 Å². The fourth-order valence-corrected chi connectivity index (χ4v) is 2.76. The fourth-order valence-electron chi connectivity index (χ4n) is 2.56. The molecule has 1 aliphatic carbocycles. The number of halogens is 2. The molecule has 0 spiro atoms. The standard InChI is InChI=1S/C17H15ClFNO/c18-15-7-3-1-5-11(15)10-20-17(21)14-9-13(14)12-6-2-4-8-16(12)19/h1-8,13-14H,9-10H2,(H,20,21). The van der Waals surface area contributed by atoms with E-state index in [1.165, 1.54) is 6.07 Å². The van der Waals surface area contributed by atoms with Gasteiger partial charge in [-0.3, -0.25) is 4.79 Å². The van der Waals surface area contributed by atoms with Crippen molar-refractivity contribution in [3.63, 3.8) is 0 Å². The molecule has 1 aliphatic rings. The molecule has 1 saturated carbocycles. The summed E-state index contributed by atoms with van der Waals surface area (Å²) in [5.41, 5.74) is 1.52. The molecule has 108 valence electrons. The van der Waals surface area contributed by atoms with Gasteiger partial charge in [-0.2, -0.15) is 0 Å². The molecule has 2 aromatic carbocycles. The third-order valence-corrected chi connectivity index (χ3v) is 4.21. The van der Waals surface area contributed by atoms with Crippen molar-refractivity contribution in [1.29, 1.82) is 0 Å². The van der Waals surface area contributed by atoms with E-state index in [9.17, 15) is 9.18 Å². The Morgan fingerprint density at radius 1 is 1.19 bits per heavy atom. The maximum absolute atomic E-state index is 13.7. The quantitative estimate of drug-likeness (QED) is 0.912. The van der Waals surface area contributed by atoms with Gasteiger partial charge >= 0.3 is 0 Å². The first-order chi connectivity index (χ1) is 10.2. The molecular weight excluding hydrogens is 289 g/mol. The highest BCUT2D eigenvalue weighted by molar-refractivity contribution is 6.31. The van der Waals surface area contributed by atoms with Crippen LogP contribution in [0.4, 0.5) is 4.39 Å². The average molecular weight is 304 g/mol. The van der Waals surface area contributed by atoms with Gasteiger partial charge in [0.2, 0.25) is 5.91 Å². The van der Waals surface area contributed by atoms with Crippen LogP contribution in [0.2, 0.25) is 5.02 Å². The molecule has 2 unspecified atom stereocenters. The van der Waals surface area contributed by atoms with Gasteiger partial charge in [0.15, 0.2) is 0 Å². The Balaban J connectivity index is 1.59. The van der Waals surface area contributed by atoms with Crippen molar-refractivity contribution in [2.75, 3.05) is 0 Å². The fraction of sp³-hybridized carbons (Fsp3) is 0.235. The van der Waals surface area contributed by atoms with Crippen molar-refractivity contribution in [3.05, 3.63) is 70.5 Å². The number of amides is 1. The molecule has 1 amide bonds. The molecule has 21 heavy (non-hydrogen) atoms. The van der Waals surface area contributed by atoms with E-state index in [1.54, 1.807) is 24.3 Å². The molecule has 0 saturated heterocycles. The van der Waals surface area contributed by atoms with E-state index in [0.717, 1.165) is 5.56 Å².